The van der Waals surface area contributed by atoms with E-state index in [1.54, 1.807) is 0 Å². The number of carbonyl (C=O) groups excluding carboxylic acids is 1. The third kappa shape index (κ3) is 4.55. The fraction of sp³-hybridized carbons (Fsp3) is 0.667. The van der Waals surface area contributed by atoms with Crippen molar-refractivity contribution in [3.8, 4) is 0 Å². The van der Waals surface area contributed by atoms with E-state index in [9.17, 15) is 4.79 Å². The Hall–Kier alpha value is -1.55. The number of likely N-dealkylation sites (tertiary alicyclic amines) is 1. The first-order valence-corrected chi connectivity index (χ1v) is 9.45. The summed E-state index contributed by atoms with van der Waals surface area (Å²) in [5, 5.41) is 0. The number of hydrogen-bond donors (Lipinski definition) is 0. The summed E-state index contributed by atoms with van der Waals surface area (Å²) in [7, 11) is 2.23. The van der Waals surface area contributed by atoms with Gasteiger partial charge in [-0.2, -0.15) is 0 Å². The zero-order chi connectivity index (χ0) is 18.2. The third-order valence-corrected chi connectivity index (χ3v) is 5.55. The molecule has 1 aromatic rings. The lowest BCUT2D eigenvalue weighted by Crippen LogP contribution is -2.37. The highest BCUT2D eigenvalue weighted by Crippen LogP contribution is 2.40. The molecular formula is C21H32N2O2. The molecule has 0 radical (unpaired) electrons. The van der Waals surface area contributed by atoms with Gasteiger partial charge in [0.25, 0.3) is 0 Å². The lowest BCUT2D eigenvalue weighted by Gasteiger charge is -2.28. The maximum atomic E-state index is 12.3. The van der Waals surface area contributed by atoms with Crippen molar-refractivity contribution in [2.75, 3.05) is 20.1 Å². The molecule has 1 aliphatic carbocycles. The number of amides is 1. The van der Waals surface area contributed by atoms with Crippen LogP contribution in [0.1, 0.15) is 44.7 Å². The molecule has 0 unspecified atom stereocenters. The Kier molecular flexibility index (Phi) is 5.10. The summed E-state index contributed by atoms with van der Waals surface area (Å²) in [5.74, 6) is 1.25. The molecule has 3 rings (SSSR count). The second-order valence-electron chi connectivity index (χ2n) is 8.93. The number of carbonyl (C=O) groups is 1. The number of fused-ring (bicyclic) bond motifs is 1. The van der Waals surface area contributed by atoms with Crippen molar-refractivity contribution in [3.63, 3.8) is 0 Å². The van der Waals surface area contributed by atoms with Crippen molar-refractivity contribution in [2.24, 2.45) is 11.8 Å². The summed E-state index contributed by atoms with van der Waals surface area (Å²) in [6.45, 7) is 10.6. The van der Waals surface area contributed by atoms with E-state index < -0.39 is 5.60 Å². The number of hydrogen-bond acceptors (Lipinski definition) is 3. The molecule has 0 spiro atoms. The molecule has 1 amide bonds. The second kappa shape index (κ2) is 6.99. The lowest BCUT2D eigenvalue weighted by molar-refractivity contribution is 0.0275. The maximum Gasteiger partial charge on any atom is 0.410 e. The maximum absolute atomic E-state index is 12.3. The summed E-state index contributed by atoms with van der Waals surface area (Å²) < 4.78 is 5.53. The zero-order valence-corrected chi connectivity index (χ0v) is 16.3. The molecular weight excluding hydrogens is 312 g/mol. The Balaban J connectivity index is 1.51. The Labute approximate surface area is 152 Å². The molecule has 25 heavy (non-hydrogen) atoms. The number of aryl methyl sites for hydroxylation is 1. The van der Waals surface area contributed by atoms with E-state index in [4.69, 9.17) is 4.74 Å². The van der Waals surface area contributed by atoms with Crippen LogP contribution in [0.3, 0.4) is 0 Å². The SMILES string of the molecule is Cc1ccc(CN(C)[C@@H]2C[C@@H]3CN(C(=O)OC(C)(C)C)C[C@@H]3C2)cc1. The second-order valence-corrected chi connectivity index (χ2v) is 8.93. The van der Waals surface area contributed by atoms with Crippen molar-refractivity contribution >= 4 is 6.09 Å². The highest BCUT2D eigenvalue weighted by Gasteiger charge is 2.44. The van der Waals surface area contributed by atoms with Crippen LogP contribution in [0.4, 0.5) is 4.79 Å². The molecule has 2 aliphatic rings. The topological polar surface area (TPSA) is 32.8 Å². The van der Waals surface area contributed by atoms with Crippen molar-refractivity contribution in [2.45, 2.75) is 58.7 Å². The van der Waals surface area contributed by atoms with Gasteiger partial charge in [-0.1, -0.05) is 29.8 Å². The summed E-state index contributed by atoms with van der Waals surface area (Å²) >= 11 is 0. The largest absolute Gasteiger partial charge is 0.444 e. The van der Waals surface area contributed by atoms with E-state index in [2.05, 4.69) is 43.1 Å². The fourth-order valence-electron chi connectivity index (χ4n) is 4.21. The molecule has 1 aromatic carbocycles. The Morgan fingerprint density at radius 1 is 1.16 bits per heavy atom. The van der Waals surface area contributed by atoms with Crippen LogP contribution in [0.5, 0.6) is 0 Å². The van der Waals surface area contributed by atoms with Gasteiger partial charge in [0.15, 0.2) is 0 Å². The number of rotatable bonds is 3. The molecule has 2 fully saturated rings. The van der Waals surface area contributed by atoms with E-state index >= 15 is 0 Å². The minimum absolute atomic E-state index is 0.147. The van der Waals surface area contributed by atoms with E-state index in [0.717, 1.165) is 19.6 Å². The van der Waals surface area contributed by atoms with E-state index in [1.165, 1.54) is 24.0 Å². The predicted molar refractivity (Wildman–Crippen MR) is 100 cm³/mol. The number of benzene rings is 1. The molecule has 138 valence electrons. The molecule has 1 saturated heterocycles. The minimum Gasteiger partial charge on any atom is -0.444 e. The predicted octanol–water partition coefficient (Wildman–Crippen LogP) is 4.07. The fourth-order valence-corrected chi connectivity index (χ4v) is 4.21. The van der Waals surface area contributed by atoms with Crippen molar-refractivity contribution in [1.29, 1.82) is 0 Å². The van der Waals surface area contributed by atoms with Gasteiger partial charge in [-0.15, -0.1) is 0 Å². The first kappa shape index (κ1) is 18.2. The van der Waals surface area contributed by atoms with Gasteiger partial charge in [0.1, 0.15) is 5.60 Å². The van der Waals surface area contributed by atoms with Crippen LogP contribution in [0.25, 0.3) is 0 Å². The molecule has 3 atom stereocenters. The van der Waals surface area contributed by atoms with E-state index in [0.29, 0.717) is 17.9 Å². The summed E-state index contributed by atoms with van der Waals surface area (Å²) in [6, 6.07) is 9.45. The van der Waals surface area contributed by atoms with Gasteiger partial charge in [-0.3, -0.25) is 4.90 Å². The van der Waals surface area contributed by atoms with Gasteiger partial charge in [-0.25, -0.2) is 4.79 Å². The van der Waals surface area contributed by atoms with Crippen LogP contribution in [-0.2, 0) is 11.3 Å². The van der Waals surface area contributed by atoms with Gasteiger partial charge in [0.05, 0.1) is 0 Å². The lowest BCUT2D eigenvalue weighted by atomic mass is 10.0. The van der Waals surface area contributed by atoms with E-state index in [1.807, 2.05) is 25.7 Å². The summed E-state index contributed by atoms with van der Waals surface area (Å²) in [5.41, 5.74) is 2.27. The van der Waals surface area contributed by atoms with Gasteiger partial charge in [0.2, 0.25) is 0 Å². The third-order valence-electron chi connectivity index (χ3n) is 5.55. The highest BCUT2D eigenvalue weighted by molar-refractivity contribution is 5.68. The van der Waals surface area contributed by atoms with Crippen LogP contribution in [0.2, 0.25) is 0 Å². The monoisotopic (exact) mass is 344 g/mol. The van der Waals surface area contributed by atoms with Crippen LogP contribution in [0, 0.1) is 18.8 Å². The first-order valence-electron chi connectivity index (χ1n) is 9.45. The van der Waals surface area contributed by atoms with Crippen LogP contribution in [0.15, 0.2) is 24.3 Å². The van der Waals surface area contributed by atoms with Crippen LogP contribution < -0.4 is 0 Å². The van der Waals surface area contributed by atoms with Gasteiger partial charge >= 0.3 is 6.09 Å². The Bertz CT molecular complexity index is 591. The minimum atomic E-state index is -0.411. The molecule has 1 aliphatic heterocycles. The highest BCUT2D eigenvalue weighted by atomic mass is 16.6. The molecule has 1 saturated carbocycles. The molecule has 4 nitrogen and oxygen atoms in total. The standard InChI is InChI=1S/C21H32N2O2/c1-15-6-8-16(9-7-15)12-22(5)19-10-17-13-23(14-18(17)11-19)20(24)25-21(2,3)4/h6-9,17-19H,10-14H2,1-5H3/t17-,18+,19-. The van der Waals surface area contributed by atoms with E-state index in [-0.39, 0.29) is 6.09 Å². The van der Waals surface area contributed by atoms with Gasteiger partial charge < -0.3 is 9.64 Å². The van der Waals surface area contributed by atoms with Crippen molar-refractivity contribution in [3.05, 3.63) is 35.4 Å². The Morgan fingerprint density at radius 3 is 2.24 bits per heavy atom. The summed E-state index contributed by atoms with van der Waals surface area (Å²) in [6.07, 6.45) is 2.23. The quantitative estimate of drug-likeness (QED) is 0.828. The first-order chi connectivity index (χ1) is 11.7. The van der Waals surface area contributed by atoms with Gasteiger partial charge in [-0.05, 0) is 65.0 Å². The van der Waals surface area contributed by atoms with Gasteiger partial charge in [0, 0.05) is 25.7 Å². The number of nitrogens with zero attached hydrogens (tertiary/aromatic N) is 2. The average Bonchev–Trinajstić information content (AvgIpc) is 3.06. The molecule has 1 heterocycles. The van der Waals surface area contributed by atoms with Crippen molar-refractivity contribution < 1.29 is 9.53 Å². The zero-order valence-electron chi connectivity index (χ0n) is 16.3. The smallest absolute Gasteiger partial charge is 0.410 e. The number of ether oxygens (including phenoxy) is 1. The molecule has 0 N–H and O–H groups in total. The summed E-state index contributed by atoms with van der Waals surface area (Å²) in [4.78, 5) is 16.7. The molecule has 0 bridgehead atoms. The normalized spacial score (nSPS) is 26.2. The average molecular weight is 344 g/mol. The van der Waals surface area contributed by atoms with Crippen LogP contribution in [-0.4, -0.2) is 47.7 Å². The van der Waals surface area contributed by atoms with Crippen LogP contribution >= 0.6 is 0 Å². The molecule has 4 heteroatoms. The Morgan fingerprint density at radius 2 is 1.72 bits per heavy atom. The molecule has 0 aromatic heterocycles. The van der Waals surface area contributed by atoms with Crippen molar-refractivity contribution in [1.82, 2.24) is 9.80 Å².